The molecule has 1 aromatic carbocycles. The number of pyridine rings is 1. The van der Waals surface area contributed by atoms with E-state index in [-0.39, 0.29) is 11.6 Å². The number of nitrogens with zero attached hydrogens (tertiary/aromatic N) is 3. The van der Waals surface area contributed by atoms with E-state index in [4.69, 9.17) is 9.72 Å². The molecular formula is C22H26FN3O. The molecule has 1 aliphatic carbocycles. The van der Waals surface area contributed by atoms with Gasteiger partial charge in [-0.15, -0.1) is 0 Å². The van der Waals surface area contributed by atoms with Crippen molar-refractivity contribution >= 4 is 11.0 Å². The average Bonchev–Trinajstić information content (AvgIpc) is 3.44. The summed E-state index contributed by atoms with van der Waals surface area (Å²) in [4.78, 5) is 9.53. The minimum atomic E-state index is -0.378. The van der Waals surface area contributed by atoms with E-state index < -0.39 is 0 Å². The van der Waals surface area contributed by atoms with Gasteiger partial charge in [-0.2, -0.15) is 0 Å². The van der Waals surface area contributed by atoms with E-state index in [0.29, 0.717) is 6.04 Å². The average molecular weight is 367 g/mol. The van der Waals surface area contributed by atoms with Gasteiger partial charge in [0.1, 0.15) is 11.3 Å². The van der Waals surface area contributed by atoms with Crippen molar-refractivity contribution < 1.29 is 9.13 Å². The van der Waals surface area contributed by atoms with Crippen LogP contribution in [0, 0.1) is 18.7 Å². The van der Waals surface area contributed by atoms with Crippen LogP contribution in [0.3, 0.4) is 0 Å². The maximum Gasteiger partial charge on any atom is 0.165 e. The Hall–Kier alpha value is -2.43. The van der Waals surface area contributed by atoms with E-state index in [1.807, 2.05) is 19.2 Å². The first-order valence-electron chi connectivity index (χ1n) is 9.79. The summed E-state index contributed by atoms with van der Waals surface area (Å²) in [5, 5.41) is 0. The van der Waals surface area contributed by atoms with Gasteiger partial charge in [0.15, 0.2) is 11.6 Å². The zero-order valence-electron chi connectivity index (χ0n) is 16.4. The summed E-state index contributed by atoms with van der Waals surface area (Å²) in [5.74, 6) is 1.71. The second-order valence-corrected chi connectivity index (χ2v) is 7.39. The van der Waals surface area contributed by atoms with Gasteiger partial charge < -0.3 is 9.30 Å². The quantitative estimate of drug-likeness (QED) is 0.579. The van der Waals surface area contributed by atoms with Crippen LogP contribution in [0.5, 0.6) is 5.75 Å². The zero-order valence-corrected chi connectivity index (χ0v) is 16.4. The van der Waals surface area contributed by atoms with Crippen LogP contribution < -0.4 is 4.74 Å². The van der Waals surface area contributed by atoms with Crippen molar-refractivity contribution in [2.75, 3.05) is 7.11 Å². The Morgan fingerprint density at radius 2 is 2.07 bits per heavy atom. The number of halogens is 1. The number of benzene rings is 1. The lowest BCUT2D eigenvalue weighted by atomic mass is 10.0. The standard InChI is InChI=1S/C22H26FN3O/c1-5-17(14-7-8-14)26-18-9-10-24-21(22(18)25-20(26)6-2)15-12-16(23)19(27-4)11-13(15)3/h9-12,14,17H,5-8H2,1-4H3. The fourth-order valence-electron chi connectivity index (χ4n) is 4.16. The lowest BCUT2D eigenvalue weighted by Gasteiger charge is -2.20. The molecule has 2 aromatic heterocycles. The summed E-state index contributed by atoms with van der Waals surface area (Å²) < 4.78 is 21.9. The van der Waals surface area contributed by atoms with Crippen LogP contribution in [0.1, 0.15) is 50.5 Å². The third kappa shape index (κ3) is 2.99. The number of aromatic nitrogens is 3. The fourth-order valence-corrected chi connectivity index (χ4v) is 4.16. The molecule has 27 heavy (non-hydrogen) atoms. The van der Waals surface area contributed by atoms with Crippen LogP contribution >= 0.6 is 0 Å². The lowest BCUT2D eigenvalue weighted by Crippen LogP contribution is -2.13. The number of fused-ring (bicyclic) bond motifs is 1. The number of aryl methyl sites for hydroxylation is 2. The van der Waals surface area contributed by atoms with Crippen LogP contribution in [0.25, 0.3) is 22.3 Å². The van der Waals surface area contributed by atoms with E-state index in [9.17, 15) is 4.39 Å². The summed E-state index contributed by atoms with van der Waals surface area (Å²) in [6, 6.07) is 5.76. The molecule has 1 fully saturated rings. The minimum Gasteiger partial charge on any atom is -0.494 e. The van der Waals surface area contributed by atoms with Crippen molar-refractivity contribution in [3.63, 3.8) is 0 Å². The minimum absolute atomic E-state index is 0.253. The molecule has 1 atom stereocenters. The van der Waals surface area contributed by atoms with Crippen LogP contribution in [0.2, 0.25) is 0 Å². The van der Waals surface area contributed by atoms with Gasteiger partial charge in [-0.1, -0.05) is 13.8 Å². The summed E-state index contributed by atoms with van der Waals surface area (Å²) >= 11 is 0. The molecule has 0 N–H and O–H groups in total. The Morgan fingerprint density at radius 1 is 1.30 bits per heavy atom. The van der Waals surface area contributed by atoms with E-state index in [1.165, 1.54) is 26.0 Å². The van der Waals surface area contributed by atoms with Gasteiger partial charge in [0.05, 0.1) is 18.3 Å². The molecule has 0 saturated heterocycles. The van der Waals surface area contributed by atoms with Gasteiger partial charge in [0, 0.05) is 24.2 Å². The van der Waals surface area contributed by atoms with E-state index in [2.05, 4.69) is 23.4 Å². The molecule has 3 aromatic rings. The summed E-state index contributed by atoms with van der Waals surface area (Å²) in [7, 11) is 1.48. The second-order valence-electron chi connectivity index (χ2n) is 7.39. The number of rotatable bonds is 6. The third-order valence-corrected chi connectivity index (χ3v) is 5.67. The number of imidazole rings is 1. The highest BCUT2D eigenvalue weighted by Gasteiger charge is 2.33. The highest BCUT2D eigenvalue weighted by Crippen LogP contribution is 2.44. The topological polar surface area (TPSA) is 39.9 Å². The summed E-state index contributed by atoms with van der Waals surface area (Å²) in [6.07, 6.45) is 6.37. The van der Waals surface area contributed by atoms with E-state index >= 15 is 0 Å². The highest BCUT2D eigenvalue weighted by molar-refractivity contribution is 5.91. The van der Waals surface area contributed by atoms with Crippen molar-refractivity contribution in [2.24, 2.45) is 5.92 Å². The molecule has 5 heteroatoms. The predicted molar refractivity (Wildman–Crippen MR) is 106 cm³/mol. The number of methoxy groups -OCH3 is 1. The largest absolute Gasteiger partial charge is 0.494 e. The second kappa shape index (κ2) is 6.95. The maximum atomic E-state index is 14.4. The lowest BCUT2D eigenvalue weighted by molar-refractivity contribution is 0.386. The van der Waals surface area contributed by atoms with Gasteiger partial charge in [-0.25, -0.2) is 9.37 Å². The Kier molecular flexibility index (Phi) is 4.62. The molecule has 1 unspecified atom stereocenters. The molecule has 2 heterocycles. The normalized spacial score (nSPS) is 15.3. The molecule has 4 rings (SSSR count). The third-order valence-electron chi connectivity index (χ3n) is 5.67. The van der Waals surface area contributed by atoms with Crippen LogP contribution in [0.15, 0.2) is 24.4 Å². The van der Waals surface area contributed by atoms with Crippen molar-refractivity contribution in [1.29, 1.82) is 0 Å². The van der Waals surface area contributed by atoms with Crippen molar-refractivity contribution in [1.82, 2.24) is 14.5 Å². The van der Waals surface area contributed by atoms with Crippen LogP contribution in [-0.4, -0.2) is 21.6 Å². The monoisotopic (exact) mass is 367 g/mol. The first kappa shape index (κ1) is 18.0. The Morgan fingerprint density at radius 3 is 2.70 bits per heavy atom. The number of hydrogen-bond donors (Lipinski definition) is 0. The molecule has 0 radical (unpaired) electrons. The molecule has 1 aliphatic rings. The Balaban J connectivity index is 1.94. The SMILES string of the molecule is CCc1nc2c(-c3cc(F)c(OC)cc3C)nccc2n1C(CC)C1CC1. The summed E-state index contributed by atoms with van der Waals surface area (Å²) in [6.45, 7) is 6.34. The van der Waals surface area contributed by atoms with Crippen molar-refractivity contribution in [3.8, 4) is 17.0 Å². The van der Waals surface area contributed by atoms with E-state index in [1.54, 1.807) is 6.07 Å². The van der Waals surface area contributed by atoms with Gasteiger partial charge in [-0.05, 0) is 55.9 Å². The molecule has 0 spiro atoms. The predicted octanol–water partition coefficient (Wildman–Crippen LogP) is 5.48. The fraction of sp³-hybridized carbons (Fsp3) is 0.455. The van der Waals surface area contributed by atoms with E-state index in [0.717, 1.165) is 52.4 Å². The van der Waals surface area contributed by atoms with Crippen LogP contribution in [-0.2, 0) is 6.42 Å². The first-order valence-corrected chi connectivity index (χ1v) is 9.79. The number of hydrogen-bond acceptors (Lipinski definition) is 3. The Labute approximate surface area is 159 Å². The van der Waals surface area contributed by atoms with Gasteiger partial charge >= 0.3 is 0 Å². The summed E-state index contributed by atoms with van der Waals surface area (Å²) in [5.41, 5.74) is 4.40. The number of ether oxygens (including phenoxy) is 1. The molecule has 0 amide bonds. The van der Waals surface area contributed by atoms with Gasteiger partial charge in [-0.3, -0.25) is 4.98 Å². The first-order chi connectivity index (χ1) is 13.1. The van der Waals surface area contributed by atoms with Crippen molar-refractivity contribution in [2.45, 2.75) is 52.5 Å². The molecule has 0 bridgehead atoms. The maximum absolute atomic E-state index is 14.4. The molecule has 1 saturated carbocycles. The van der Waals surface area contributed by atoms with Crippen LogP contribution in [0.4, 0.5) is 4.39 Å². The zero-order chi connectivity index (χ0) is 19.1. The molecular weight excluding hydrogens is 341 g/mol. The van der Waals surface area contributed by atoms with Crippen molar-refractivity contribution in [3.05, 3.63) is 41.6 Å². The molecule has 4 nitrogen and oxygen atoms in total. The molecule has 0 aliphatic heterocycles. The smallest absolute Gasteiger partial charge is 0.165 e. The Bertz CT molecular complexity index is 991. The highest BCUT2D eigenvalue weighted by atomic mass is 19.1. The van der Waals surface area contributed by atoms with Gasteiger partial charge in [0.2, 0.25) is 0 Å². The van der Waals surface area contributed by atoms with Gasteiger partial charge in [0.25, 0.3) is 0 Å². The molecule has 142 valence electrons.